The van der Waals surface area contributed by atoms with Crippen LogP contribution in [0.4, 0.5) is 5.69 Å². The number of halogens is 1. The van der Waals surface area contributed by atoms with Gasteiger partial charge in [-0.1, -0.05) is 12.1 Å². The van der Waals surface area contributed by atoms with E-state index in [2.05, 4.69) is 43.3 Å². The van der Waals surface area contributed by atoms with Crippen molar-refractivity contribution in [2.24, 2.45) is 0 Å². The van der Waals surface area contributed by atoms with Crippen molar-refractivity contribution < 1.29 is 4.74 Å². The molecule has 7 heteroatoms. The first-order valence-corrected chi connectivity index (χ1v) is 10.1. The summed E-state index contributed by atoms with van der Waals surface area (Å²) >= 11 is 11.0. The van der Waals surface area contributed by atoms with Gasteiger partial charge in [0.15, 0.2) is 5.11 Å². The van der Waals surface area contributed by atoms with Gasteiger partial charge in [0.1, 0.15) is 5.75 Å². The number of nitrogens with one attached hydrogen (secondary N) is 1. The molecule has 1 aliphatic heterocycles. The fourth-order valence-corrected chi connectivity index (χ4v) is 5.07. The lowest BCUT2D eigenvalue weighted by molar-refractivity contribution is 0.415. The maximum absolute atomic E-state index is 5.70. The average molecular weight is 446 g/mol. The van der Waals surface area contributed by atoms with E-state index in [9.17, 15) is 0 Å². The highest BCUT2D eigenvalue weighted by Crippen LogP contribution is 2.44. The topological polar surface area (TPSA) is 37.4 Å². The third-order valence-corrected chi connectivity index (χ3v) is 6.32. The van der Waals surface area contributed by atoms with E-state index in [0.717, 1.165) is 20.9 Å². The molecule has 3 heterocycles. The van der Waals surface area contributed by atoms with E-state index < -0.39 is 0 Å². The monoisotopic (exact) mass is 445 g/mol. The molecule has 0 unspecified atom stereocenters. The lowest BCUT2D eigenvalue weighted by Gasteiger charge is -2.27. The number of hydrogen-bond donors (Lipinski definition) is 1. The van der Waals surface area contributed by atoms with Gasteiger partial charge in [-0.2, -0.15) is 0 Å². The van der Waals surface area contributed by atoms with Crippen LogP contribution in [0, 0.1) is 0 Å². The zero-order chi connectivity index (χ0) is 18.1. The molecule has 1 aliphatic rings. The summed E-state index contributed by atoms with van der Waals surface area (Å²) in [6.07, 6.45) is 1.82. The van der Waals surface area contributed by atoms with Crippen LogP contribution in [-0.2, 0) is 0 Å². The van der Waals surface area contributed by atoms with Crippen LogP contribution in [0.15, 0.2) is 64.6 Å². The Balaban J connectivity index is 1.82. The zero-order valence-electron chi connectivity index (χ0n) is 13.9. The molecule has 2 atom stereocenters. The van der Waals surface area contributed by atoms with Crippen LogP contribution in [0.25, 0.3) is 0 Å². The predicted molar refractivity (Wildman–Crippen MR) is 113 cm³/mol. The smallest absolute Gasteiger partial charge is 0.174 e. The number of anilines is 1. The minimum absolute atomic E-state index is 0.0146. The molecule has 4 nitrogen and oxygen atoms in total. The van der Waals surface area contributed by atoms with Gasteiger partial charge in [0.25, 0.3) is 0 Å². The van der Waals surface area contributed by atoms with Gasteiger partial charge < -0.3 is 15.0 Å². The Labute approximate surface area is 170 Å². The van der Waals surface area contributed by atoms with Crippen LogP contribution in [0.5, 0.6) is 5.75 Å². The lowest BCUT2D eigenvalue weighted by atomic mass is 10.0. The molecule has 0 amide bonds. The van der Waals surface area contributed by atoms with Crippen LogP contribution >= 0.6 is 39.5 Å². The SMILES string of the molecule is COc1cccc(N2C(=S)N[C@@H](c3ccccn3)[C@@H]2c2ccc(Br)s2)c1. The van der Waals surface area contributed by atoms with E-state index >= 15 is 0 Å². The number of aromatic nitrogens is 1. The highest BCUT2D eigenvalue weighted by atomic mass is 79.9. The van der Waals surface area contributed by atoms with Gasteiger partial charge in [0, 0.05) is 22.8 Å². The molecular formula is C19H16BrN3OS2. The fraction of sp³-hybridized carbons (Fsp3) is 0.158. The number of hydrogen-bond acceptors (Lipinski definition) is 4. The molecule has 0 spiro atoms. The van der Waals surface area contributed by atoms with Gasteiger partial charge in [-0.05, 0) is 64.5 Å². The number of pyridine rings is 1. The molecule has 0 radical (unpaired) electrons. The summed E-state index contributed by atoms with van der Waals surface area (Å²) in [7, 11) is 1.67. The van der Waals surface area contributed by atoms with Gasteiger partial charge in [-0.3, -0.25) is 4.98 Å². The molecule has 1 N–H and O–H groups in total. The van der Waals surface area contributed by atoms with E-state index in [1.54, 1.807) is 18.4 Å². The number of thiophene rings is 1. The van der Waals surface area contributed by atoms with E-state index in [-0.39, 0.29) is 12.1 Å². The van der Waals surface area contributed by atoms with Crippen molar-refractivity contribution in [3.63, 3.8) is 0 Å². The summed E-state index contributed by atoms with van der Waals surface area (Å²) in [4.78, 5) is 7.92. The molecule has 26 heavy (non-hydrogen) atoms. The van der Waals surface area contributed by atoms with Crippen LogP contribution in [0.3, 0.4) is 0 Å². The third-order valence-electron chi connectivity index (χ3n) is 4.32. The van der Waals surface area contributed by atoms with Crippen molar-refractivity contribution in [3.8, 4) is 5.75 Å². The lowest BCUT2D eigenvalue weighted by Crippen LogP contribution is -2.29. The van der Waals surface area contributed by atoms with Crippen LogP contribution in [0.2, 0.25) is 0 Å². The van der Waals surface area contributed by atoms with Crippen molar-refractivity contribution in [3.05, 3.63) is 75.2 Å². The highest BCUT2D eigenvalue weighted by molar-refractivity contribution is 9.11. The number of benzene rings is 1. The van der Waals surface area contributed by atoms with E-state index in [1.165, 1.54) is 4.88 Å². The van der Waals surface area contributed by atoms with Gasteiger partial charge in [-0.15, -0.1) is 11.3 Å². The maximum Gasteiger partial charge on any atom is 0.174 e. The van der Waals surface area contributed by atoms with Crippen LogP contribution in [-0.4, -0.2) is 17.2 Å². The Hall–Kier alpha value is -1.96. The van der Waals surface area contributed by atoms with E-state index in [4.69, 9.17) is 17.0 Å². The Bertz CT molecular complexity index is 931. The minimum atomic E-state index is -0.0274. The Morgan fingerprint density at radius 2 is 2.08 bits per heavy atom. The van der Waals surface area contributed by atoms with Gasteiger partial charge >= 0.3 is 0 Å². The van der Waals surface area contributed by atoms with Gasteiger partial charge in [0.05, 0.1) is 28.7 Å². The number of thiocarbonyl (C=S) groups is 1. The molecule has 0 bridgehead atoms. The third kappa shape index (κ3) is 3.22. The van der Waals surface area contributed by atoms with Crippen molar-refractivity contribution in [1.29, 1.82) is 0 Å². The van der Waals surface area contributed by atoms with E-state index in [0.29, 0.717) is 5.11 Å². The first-order valence-electron chi connectivity index (χ1n) is 8.07. The second-order valence-corrected chi connectivity index (χ2v) is 8.72. The molecule has 1 saturated heterocycles. The summed E-state index contributed by atoms with van der Waals surface area (Å²) in [5.41, 5.74) is 1.96. The molecule has 3 aromatic rings. The molecule has 1 aromatic carbocycles. The summed E-state index contributed by atoms with van der Waals surface area (Å²) < 4.78 is 6.49. The first kappa shape index (κ1) is 17.5. The largest absolute Gasteiger partial charge is 0.497 e. The second-order valence-electron chi connectivity index (χ2n) is 5.84. The Morgan fingerprint density at radius 1 is 1.19 bits per heavy atom. The van der Waals surface area contributed by atoms with Crippen LogP contribution < -0.4 is 15.0 Å². The first-order chi connectivity index (χ1) is 12.7. The second kappa shape index (κ2) is 7.34. The molecular weight excluding hydrogens is 430 g/mol. The number of methoxy groups -OCH3 is 1. The maximum atomic E-state index is 5.70. The fourth-order valence-electron chi connectivity index (χ4n) is 3.17. The summed E-state index contributed by atoms with van der Waals surface area (Å²) in [5, 5.41) is 4.14. The van der Waals surface area contributed by atoms with Crippen LogP contribution in [0.1, 0.15) is 22.7 Å². The van der Waals surface area contributed by atoms with Crippen molar-refractivity contribution in [2.75, 3.05) is 12.0 Å². The van der Waals surface area contributed by atoms with Crippen molar-refractivity contribution >= 4 is 50.3 Å². The van der Waals surface area contributed by atoms with E-state index in [1.807, 2.05) is 48.7 Å². The molecule has 1 fully saturated rings. The summed E-state index contributed by atoms with van der Waals surface area (Å²) in [5.74, 6) is 0.803. The number of rotatable bonds is 4. The Kier molecular flexibility index (Phi) is 4.93. The van der Waals surface area contributed by atoms with Gasteiger partial charge in [-0.25, -0.2) is 0 Å². The minimum Gasteiger partial charge on any atom is -0.497 e. The zero-order valence-corrected chi connectivity index (χ0v) is 17.1. The molecule has 4 rings (SSSR count). The molecule has 0 aliphatic carbocycles. The molecule has 132 valence electrons. The molecule has 2 aromatic heterocycles. The average Bonchev–Trinajstić information content (AvgIpc) is 3.25. The van der Waals surface area contributed by atoms with Crippen molar-refractivity contribution in [2.45, 2.75) is 12.1 Å². The van der Waals surface area contributed by atoms with Gasteiger partial charge in [0.2, 0.25) is 0 Å². The number of nitrogens with zero attached hydrogens (tertiary/aromatic N) is 2. The van der Waals surface area contributed by atoms with Crippen molar-refractivity contribution in [1.82, 2.24) is 10.3 Å². The normalized spacial score (nSPS) is 19.5. The Morgan fingerprint density at radius 3 is 2.77 bits per heavy atom. The summed E-state index contributed by atoms with van der Waals surface area (Å²) in [6, 6.07) is 18.1. The quantitative estimate of drug-likeness (QED) is 0.565. The summed E-state index contributed by atoms with van der Waals surface area (Å²) in [6.45, 7) is 0. The highest BCUT2D eigenvalue weighted by Gasteiger charge is 2.41. The standard InChI is InChI=1S/C19H16BrN3OS2/c1-24-13-6-4-5-12(11-13)23-18(15-8-9-16(20)26-15)17(22-19(23)25)14-7-2-3-10-21-14/h2-11,17-18H,1H3,(H,22,25)/t17-,18-/m0/s1. The predicted octanol–water partition coefficient (Wildman–Crippen LogP) is 5.09. The number of ether oxygens (including phenoxy) is 1. The molecule has 0 saturated carbocycles.